The Hall–Kier alpha value is -2.70. The summed E-state index contributed by atoms with van der Waals surface area (Å²) in [5, 5.41) is 16.6. The van der Waals surface area contributed by atoms with Crippen molar-refractivity contribution < 1.29 is 107 Å². The number of aliphatic carboxylic acids is 2. The third-order valence-electron chi connectivity index (χ3n) is 3.81. The van der Waals surface area contributed by atoms with Crippen molar-refractivity contribution in [2.24, 2.45) is 4.36 Å². The lowest BCUT2D eigenvalue weighted by molar-refractivity contribution is -0.468. The Labute approximate surface area is 202 Å². The lowest BCUT2D eigenvalue weighted by Gasteiger charge is -2.41. The molecule has 0 saturated heterocycles. The first-order valence-corrected chi connectivity index (χ1v) is 9.36. The molecule has 2 N–H and O–H groups in total. The van der Waals surface area contributed by atoms with E-state index in [0.717, 1.165) is 0 Å². The van der Waals surface area contributed by atoms with E-state index in [4.69, 9.17) is 10.2 Å². The number of hydrogen-bond acceptors (Lipinski definition) is 5. The maximum absolute atomic E-state index is 12.8. The van der Waals surface area contributed by atoms with Gasteiger partial charge in [-0.05, 0) is 6.42 Å². The minimum absolute atomic E-state index is 0.335. The molecule has 0 unspecified atom stereocenters. The van der Waals surface area contributed by atoms with Crippen molar-refractivity contribution in [1.82, 2.24) is 0 Å². The zero-order valence-corrected chi connectivity index (χ0v) is 18.0. The van der Waals surface area contributed by atoms with Crippen molar-refractivity contribution in [3.63, 3.8) is 0 Å². The van der Waals surface area contributed by atoms with Gasteiger partial charge in [-0.25, -0.2) is 4.79 Å². The summed E-state index contributed by atoms with van der Waals surface area (Å²) >= 11 is 0. The van der Waals surface area contributed by atoms with Gasteiger partial charge in [-0.2, -0.15) is 91.8 Å². The van der Waals surface area contributed by atoms with Crippen LogP contribution in [0.4, 0.5) is 79.0 Å². The molecule has 0 aromatic rings. The number of hydrogen-bond donors (Lipinski definition) is 2. The van der Waals surface area contributed by atoms with E-state index in [2.05, 4.69) is 4.36 Å². The molecule has 0 saturated carbocycles. The predicted molar refractivity (Wildman–Crippen MR) is 81.4 cm³/mol. The normalized spacial score (nSPS) is 15.1. The average Bonchev–Trinajstić information content (AvgIpc) is 2.68. The molecule has 0 heterocycles. The van der Waals surface area contributed by atoms with Crippen molar-refractivity contribution >= 4 is 22.4 Å². The fourth-order valence-electron chi connectivity index (χ4n) is 1.73. The van der Waals surface area contributed by atoms with Gasteiger partial charge in [0.15, 0.2) is 6.04 Å². The first kappa shape index (κ1) is 38.4. The van der Waals surface area contributed by atoms with Crippen LogP contribution in [0, 0.1) is 0 Å². The average molecular weight is 647 g/mol. The molecule has 232 valence electrons. The minimum Gasteiger partial charge on any atom is -0.481 e. The second kappa shape index (κ2) is 11.4. The first-order chi connectivity index (χ1) is 16.7. The third-order valence-corrected chi connectivity index (χ3v) is 4.24. The highest BCUT2D eigenvalue weighted by Gasteiger charge is 2.95. The lowest BCUT2D eigenvalue weighted by Crippen LogP contribution is -2.74. The van der Waals surface area contributed by atoms with Crippen molar-refractivity contribution in [3.8, 4) is 0 Å². The highest BCUT2D eigenvalue weighted by molar-refractivity contribution is 7.61. The molecule has 0 aliphatic carbocycles. The first-order valence-electron chi connectivity index (χ1n) is 8.33. The van der Waals surface area contributed by atoms with Gasteiger partial charge in [0.05, 0.1) is 0 Å². The Morgan fingerprint density at radius 1 is 0.564 bits per heavy atom. The summed E-state index contributed by atoms with van der Waals surface area (Å²) in [7, 11) is -2.83. The van der Waals surface area contributed by atoms with Gasteiger partial charge in [-0.15, -0.1) is 0 Å². The number of alkyl halides is 18. The number of carboxylic acids is 2. The van der Waals surface area contributed by atoms with Crippen molar-refractivity contribution in [2.45, 2.75) is 66.8 Å². The molecular weight excluding hydrogens is 640 g/mol. The highest BCUT2D eigenvalue weighted by Crippen LogP contribution is 2.63. The van der Waals surface area contributed by atoms with Crippen LogP contribution in [-0.4, -0.2) is 84.5 Å². The molecule has 0 aliphatic heterocycles. The van der Waals surface area contributed by atoms with Crippen molar-refractivity contribution in [3.05, 3.63) is 0 Å². The molecule has 0 radical (unpaired) electrons. The molecule has 0 fully saturated rings. The van der Waals surface area contributed by atoms with E-state index in [1.165, 1.54) is 0 Å². The molecule has 0 amide bonds. The van der Waals surface area contributed by atoms with Crippen LogP contribution < -0.4 is 0 Å². The van der Waals surface area contributed by atoms with Crippen LogP contribution in [0.2, 0.25) is 0 Å². The van der Waals surface area contributed by atoms with Crippen LogP contribution in [0.1, 0.15) is 12.8 Å². The van der Waals surface area contributed by atoms with Gasteiger partial charge >= 0.3 is 70.3 Å². The van der Waals surface area contributed by atoms with E-state index in [1.807, 2.05) is 0 Å². The lowest BCUT2D eigenvalue weighted by atomic mass is 9.91. The van der Waals surface area contributed by atoms with Gasteiger partial charge in [0.25, 0.3) is 0 Å². The molecule has 0 bridgehead atoms. The summed E-state index contributed by atoms with van der Waals surface area (Å²) in [6.07, 6.45) is -16.4. The number of nitrogens with zero attached hydrogens (tertiary/aromatic N) is 1. The minimum atomic E-state index is -8.72. The van der Waals surface area contributed by atoms with Gasteiger partial charge in [0.1, 0.15) is 0 Å². The largest absolute Gasteiger partial charge is 0.481 e. The Morgan fingerprint density at radius 3 is 1.00 bits per heavy atom. The summed E-state index contributed by atoms with van der Waals surface area (Å²) in [6.45, 7) is 0. The van der Waals surface area contributed by atoms with Gasteiger partial charge in [-0.3, -0.25) is 4.79 Å². The summed E-state index contributed by atoms with van der Waals surface area (Å²) in [5.74, 6) is -53.7. The van der Waals surface area contributed by atoms with E-state index in [1.54, 1.807) is 0 Å². The predicted octanol–water partition coefficient (Wildman–Crippen LogP) is 5.29. The fourth-order valence-corrected chi connectivity index (χ4v) is 2.13. The van der Waals surface area contributed by atoms with Crippen LogP contribution in [-0.2, 0) is 20.1 Å². The van der Waals surface area contributed by atoms with Gasteiger partial charge in [-0.1, -0.05) is 0 Å². The monoisotopic (exact) mass is 647 g/mol. The summed E-state index contributed by atoms with van der Waals surface area (Å²) in [6, 6.07) is -1.51. The standard InChI is InChI=1S/C8F18.C5H7NO6S/c9-1(10,3(13,14)5(17,18)7(21,22)23)2(11,12)4(15,16)6(19,20)8(24,25)26;7-4(8)2-1-3(5(9)10)6-13(11)12/h;3H,1-2H2,(H,7,8)(H,9,10)/t;3-/m.0/s1. The molecule has 0 aromatic heterocycles. The Bertz CT molecular complexity index is 975. The summed E-state index contributed by atoms with van der Waals surface area (Å²) < 4.78 is 243. The molecule has 1 atom stereocenters. The fraction of sp³-hybridized carbons (Fsp3) is 0.846. The van der Waals surface area contributed by atoms with E-state index >= 15 is 0 Å². The van der Waals surface area contributed by atoms with Crippen molar-refractivity contribution in [1.29, 1.82) is 0 Å². The van der Waals surface area contributed by atoms with Crippen molar-refractivity contribution in [2.75, 3.05) is 0 Å². The van der Waals surface area contributed by atoms with Gasteiger partial charge in [0.2, 0.25) is 0 Å². The summed E-state index contributed by atoms with van der Waals surface area (Å²) in [5.41, 5.74) is 0. The number of carbonyl (C=O) groups is 2. The number of carboxylic acid groups (broad SMARTS) is 2. The zero-order chi connectivity index (χ0) is 32.4. The van der Waals surface area contributed by atoms with Gasteiger partial charge < -0.3 is 10.2 Å². The van der Waals surface area contributed by atoms with Gasteiger partial charge in [0, 0.05) is 6.42 Å². The molecule has 0 aromatic carbocycles. The molecule has 39 heavy (non-hydrogen) atoms. The van der Waals surface area contributed by atoms with Crippen LogP contribution in [0.15, 0.2) is 4.36 Å². The zero-order valence-electron chi connectivity index (χ0n) is 17.2. The highest BCUT2D eigenvalue weighted by atomic mass is 32.2. The number of rotatable bonds is 10. The number of halogens is 18. The topological polar surface area (TPSA) is 121 Å². The second-order valence-electron chi connectivity index (χ2n) is 6.55. The van der Waals surface area contributed by atoms with Crippen LogP contribution in [0.3, 0.4) is 0 Å². The summed E-state index contributed by atoms with van der Waals surface area (Å²) in [4.78, 5) is 20.3. The third kappa shape index (κ3) is 7.29. The second-order valence-corrected chi connectivity index (χ2v) is 7.20. The smallest absolute Gasteiger partial charge is 0.460 e. The van der Waals surface area contributed by atoms with E-state index in [9.17, 15) is 97.0 Å². The quantitative estimate of drug-likeness (QED) is 0.311. The molecule has 0 spiro atoms. The Morgan fingerprint density at radius 2 is 0.821 bits per heavy atom. The molecular formula is C13H7F18NO6S. The van der Waals surface area contributed by atoms with E-state index in [0.29, 0.717) is 0 Å². The Kier molecular flexibility index (Phi) is 11.3. The molecule has 0 aliphatic rings. The SMILES string of the molecule is FC(F)(F)C(F)(F)C(F)(F)C(F)(F)C(F)(F)C(F)(F)C(F)(F)C(F)(F)F.O=C(O)CC[C@H](N=S(=O)=O)C(=O)O. The molecule has 26 heteroatoms. The van der Waals surface area contributed by atoms with E-state index in [-0.39, 0.29) is 6.42 Å². The van der Waals surface area contributed by atoms with E-state index < -0.39 is 82.8 Å². The van der Waals surface area contributed by atoms with Crippen LogP contribution in [0.25, 0.3) is 0 Å². The van der Waals surface area contributed by atoms with Crippen LogP contribution in [0.5, 0.6) is 0 Å². The maximum atomic E-state index is 12.8. The molecule has 7 nitrogen and oxygen atoms in total. The van der Waals surface area contributed by atoms with Crippen LogP contribution >= 0.6 is 0 Å². The maximum Gasteiger partial charge on any atom is 0.460 e. The molecule has 0 rings (SSSR count). The Balaban J connectivity index is 0.